The van der Waals surface area contributed by atoms with E-state index < -0.39 is 5.82 Å². The molecule has 86 valence electrons. The summed E-state index contributed by atoms with van der Waals surface area (Å²) in [7, 11) is 1.52. The predicted molar refractivity (Wildman–Crippen MR) is 63.1 cm³/mol. The predicted octanol–water partition coefficient (Wildman–Crippen LogP) is 0.778. The Hall–Kier alpha value is -2.11. The monoisotopic (exact) mass is 223 g/mol. The van der Waals surface area contributed by atoms with Crippen LogP contribution in [0.3, 0.4) is 0 Å². The average Bonchev–Trinajstić information content (AvgIpc) is 2.15. The first kappa shape index (κ1) is 12.0. The van der Waals surface area contributed by atoms with Crippen LogP contribution in [0.25, 0.3) is 0 Å². The number of rotatable bonds is 1. The second kappa shape index (κ2) is 4.61. The van der Waals surface area contributed by atoms with Crippen molar-refractivity contribution in [2.45, 2.75) is 6.92 Å². The van der Waals surface area contributed by atoms with Gasteiger partial charge in [0.15, 0.2) is 5.96 Å². The number of aliphatic imine (C=N–C) groups is 1. The third kappa shape index (κ3) is 2.69. The number of aryl methyl sites for hydroxylation is 1. The lowest BCUT2D eigenvalue weighted by Gasteiger charge is -2.17. The summed E-state index contributed by atoms with van der Waals surface area (Å²) in [4.78, 5) is 4.79. The number of nitrogens with one attached hydrogen (secondary N) is 1. The van der Waals surface area contributed by atoms with Crippen LogP contribution in [0.4, 0.5) is 10.1 Å². The summed E-state index contributed by atoms with van der Waals surface area (Å²) < 4.78 is 13.5. The van der Waals surface area contributed by atoms with Crippen LogP contribution in [0.5, 0.6) is 0 Å². The summed E-state index contributed by atoms with van der Waals surface area (Å²) in [5.41, 5.74) is 11.3. The highest BCUT2D eigenvalue weighted by Gasteiger charge is 2.11. The van der Waals surface area contributed by atoms with Gasteiger partial charge in [0.05, 0.1) is 5.69 Å². The Morgan fingerprint density at radius 3 is 2.56 bits per heavy atom. The highest BCUT2D eigenvalue weighted by Crippen LogP contribution is 2.19. The molecule has 0 saturated carbocycles. The van der Waals surface area contributed by atoms with Gasteiger partial charge in [0.2, 0.25) is 5.96 Å². The molecule has 0 radical (unpaired) electrons. The number of halogens is 1. The normalized spacial score (nSPS) is 9.69. The third-order valence-electron chi connectivity index (χ3n) is 2.02. The van der Waals surface area contributed by atoms with Gasteiger partial charge < -0.3 is 16.4 Å². The van der Waals surface area contributed by atoms with E-state index in [1.54, 1.807) is 19.1 Å². The van der Waals surface area contributed by atoms with E-state index in [2.05, 4.69) is 4.99 Å². The van der Waals surface area contributed by atoms with E-state index in [1.807, 2.05) is 0 Å². The van der Waals surface area contributed by atoms with Crippen molar-refractivity contribution in [3.63, 3.8) is 0 Å². The Morgan fingerprint density at radius 2 is 2.06 bits per heavy atom. The van der Waals surface area contributed by atoms with Crippen LogP contribution in [-0.2, 0) is 0 Å². The molecule has 0 heterocycles. The molecular formula is C10H14FN5. The van der Waals surface area contributed by atoms with Crippen molar-refractivity contribution in [2.75, 3.05) is 11.9 Å². The summed E-state index contributed by atoms with van der Waals surface area (Å²) in [6.07, 6.45) is 0. The zero-order chi connectivity index (χ0) is 12.3. The molecule has 0 atom stereocenters. The summed E-state index contributed by atoms with van der Waals surface area (Å²) in [6, 6.07) is 4.70. The molecule has 0 aliphatic heterocycles. The van der Waals surface area contributed by atoms with Gasteiger partial charge in [-0.2, -0.15) is 4.99 Å². The molecule has 1 aromatic carbocycles. The van der Waals surface area contributed by atoms with Crippen molar-refractivity contribution in [1.29, 1.82) is 5.41 Å². The van der Waals surface area contributed by atoms with Gasteiger partial charge in [-0.05, 0) is 24.6 Å². The largest absolute Gasteiger partial charge is 0.370 e. The van der Waals surface area contributed by atoms with Crippen molar-refractivity contribution < 1.29 is 4.39 Å². The quantitative estimate of drug-likeness (QED) is 0.485. The fraction of sp³-hybridized carbons (Fsp3) is 0.200. The highest BCUT2D eigenvalue weighted by molar-refractivity contribution is 6.00. The molecule has 0 spiro atoms. The standard InChI is InChI=1S/C10H14FN5/c1-6-3-4-8(7(11)5-6)16(2)10(14)15-9(12)13/h3-5H,1-2H3,(H5,12,13,14,15). The van der Waals surface area contributed by atoms with Crippen LogP contribution in [-0.4, -0.2) is 19.0 Å². The maximum atomic E-state index is 13.5. The first-order valence-corrected chi connectivity index (χ1v) is 4.60. The summed E-state index contributed by atoms with van der Waals surface area (Å²) >= 11 is 0. The summed E-state index contributed by atoms with van der Waals surface area (Å²) in [6.45, 7) is 1.79. The van der Waals surface area contributed by atoms with E-state index in [4.69, 9.17) is 16.9 Å². The van der Waals surface area contributed by atoms with Gasteiger partial charge in [0, 0.05) is 7.05 Å². The molecule has 5 nitrogen and oxygen atoms in total. The number of hydrogen-bond donors (Lipinski definition) is 3. The zero-order valence-corrected chi connectivity index (χ0v) is 9.16. The summed E-state index contributed by atoms with van der Waals surface area (Å²) in [5.74, 6) is -0.870. The molecule has 0 aliphatic rings. The number of guanidine groups is 2. The van der Waals surface area contributed by atoms with Crippen LogP contribution in [0.15, 0.2) is 23.2 Å². The number of anilines is 1. The van der Waals surface area contributed by atoms with E-state index in [9.17, 15) is 4.39 Å². The van der Waals surface area contributed by atoms with Crippen molar-refractivity contribution in [3.05, 3.63) is 29.6 Å². The van der Waals surface area contributed by atoms with Gasteiger partial charge in [0.1, 0.15) is 5.82 Å². The molecule has 6 heteroatoms. The second-order valence-electron chi connectivity index (χ2n) is 3.37. The topological polar surface area (TPSA) is 91.5 Å². The smallest absolute Gasteiger partial charge is 0.225 e. The van der Waals surface area contributed by atoms with E-state index in [0.29, 0.717) is 0 Å². The van der Waals surface area contributed by atoms with Crippen LogP contribution >= 0.6 is 0 Å². The minimum Gasteiger partial charge on any atom is -0.370 e. The lowest BCUT2D eigenvalue weighted by Crippen LogP contribution is -2.31. The molecule has 0 unspecified atom stereocenters. The molecule has 5 N–H and O–H groups in total. The maximum absolute atomic E-state index is 13.5. The van der Waals surface area contributed by atoms with Crippen molar-refractivity contribution >= 4 is 17.6 Å². The van der Waals surface area contributed by atoms with Gasteiger partial charge >= 0.3 is 0 Å². The van der Waals surface area contributed by atoms with Gasteiger partial charge in [-0.3, -0.25) is 5.41 Å². The lowest BCUT2D eigenvalue weighted by molar-refractivity contribution is 0.627. The van der Waals surface area contributed by atoms with Crippen molar-refractivity contribution in [2.24, 2.45) is 16.5 Å². The molecule has 0 aromatic heterocycles. The minimum atomic E-state index is -0.418. The summed E-state index contributed by atoms with van der Waals surface area (Å²) in [5, 5.41) is 7.52. The molecule has 0 aliphatic carbocycles. The molecular weight excluding hydrogens is 209 g/mol. The molecule has 16 heavy (non-hydrogen) atoms. The van der Waals surface area contributed by atoms with Crippen molar-refractivity contribution in [1.82, 2.24) is 0 Å². The Kier molecular flexibility index (Phi) is 3.44. The van der Waals surface area contributed by atoms with E-state index >= 15 is 0 Å². The Morgan fingerprint density at radius 1 is 1.44 bits per heavy atom. The van der Waals surface area contributed by atoms with Crippen LogP contribution < -0.4 is 16.4 Å². The van der Waals surface area contributed by atoms with E-state index in [1.165, 1.54) is 18.0 Å². The van der Waals surface area contributed by atoms with Crippen LogP contribution in [0.2, 0.25) is 0 Å². The van der Waals surface area contributed by atoms with Crippen molar-refractivity contribution in [3.8, 4) is 0 Å². The van der Waals surface area contributed by atoms with Gasteiger partial charge in [-0.15, -0.1) is 0 Å². The molecule has 0 saturated heterocycles. The molecule has 0 fully saturated rings. The number of benzene rings is 1. The van der Waals surface area contributed by atoms with E-state index in [0.717, 1.165) is 5.56 Å². The van der Waals surface area contributed by atoms with Gasteiger partial charge in [0.25, 0.3) is 0 Å². The number of nitrogens with two attached hydrogens (primary N) is 2. The second-order valence-corrected chi connectivity index (χ2v) is 3.37. The Labute approximate surface area is 93.1 Å². The maximum Gasteiger partial charge on any atom is 0.225 e. The SMILES string of the molecule is Cc1ccc(N(C)C(=N)N=C(N)N)c(F)c1. The van der Waals surface area contributed by atoms with Gasteiger partial charge in [-0.25, -0.2) is 4.39 Å². The molecule has 1 rings (SSSR count). The van der Waals surface area contributed by atoms with Gasteiger partial charge in [-0.1, -0.05) is 6.07 Å². The highest BCUT2D eigenvalue weighted by atomic mass is 19.1. The lowest BCUT2D eigenvalue weighted by atomic mass is 10.2. The zero-order valence-electron chi connectivity index (χ0n) is 9.16. The third-order valence-corrected chi connectivity index (χ3v) is 2.02. The molecule has 1 aromatic rings. The number of hydrogen-bond acceptors (Lipinski definition) is 1. The first-order chi connectivity index (χ1) is 7.41. The van der Waals surface area contributed by atoms with E-state index in [-0.39, 0.29) is 17.6 Å². The fourth-order valence-electron chi connectivity index (χ4n) is 1.20. The molecule has 0 bridgehead atoms. The molecule has 0 amide bonds. The Bertz CT molecular complexity index is 437. The average molecular weight is 223 g/mol. The fourth-order valence-corrected chi connectivity index (χ4v) is 1.20. The van der Waals surface area contributed by atoms with Crippen LogP contribution in [0, 0.1) is 18.2 Å². The number of nitrogens with zero attached hydrogens (tertiary/aromatic N) is 2. The van der Waals surface area contributed by atoms with Crippen LogP contribution in [0.1, 0.15) is 5.56 Å². The first-order valence-electron chi connectivity index (χ1n) is 4.60. The minimum absolute atomic E-state index is 0.220. The Balaban J connectivity index is 3.01.